The molecule has 0 aliphatic rings. The Balaban J connectivity index is 2.67. The molecule has 0 heterocycles. The van der Waals surface area contributed by atoms with Crippen LogP contribution >= 0.6 is 0 Å². The fourth-order valence-corrected chi connectivity index (χ4v) is 1.64. The van der Waals surface area contributed by atoms with Crippen LogP contribution in [-0.4, -0.2) is 32.3 Å². The van der Waals surface area contributed by atoms with Gasteiger partial charge in [-0.3, -0.25) is 0 Å². The van der Waals surface area contributed by atoms with Crippen LogP contribution in [0.1, 0.15) is 32.3 Å². The first-order valence-electron chi connectivity index (χ1n) is 6.43. The zero-order valence-corrected chi connectivity index (χ0v) is 12.3. The summed E-state index contributed by atoms with van der Waals surface area (Å²) >= 11 is 0. The number of benzene rings is 1. The molecule has 0 aliphatic heterocycles. The van der Waals surface area contributed by atoms with Crippen LogP contribution < -0.4 is 10.1 Å². The van der Waals surface area contributed by atoms with E-state index in [1.165, 1.54) is 12.7 Å². The van der Waals surface area contributed by atoms with Gasteiger partial charge in [0.2, 0.25) is 0 Å². The highest BCUT2D eigenvalue weighted by molar-refractivity contribution is 5.80. The van der Waals surface area contributed by atoms with Crippen LogP contribution in [0.5, 0.6) is 5.75 Å². The van der Waals surface area contributed by atoms with E-state index in [1.807, 2.05) is 24.3 Å². The lowest BCUT2D eigenvalue weighted by molar-refractivity contribution is -0.148. The van der Waals surface area contributed by atoms with Crippen LogP contribution in [0.4, 0.5) is 0 Å². The van der Waals surface area contributed by atoms with Crippen molar-refractivity contribution in [2.75, 3.05) is 20.8 Å². The molecule has 1 aromatic carbocycles. The molecule has 1 N–H and O–H groups in total. The molecule has 4 nitrogen and oxygen atoms in total. The van der Waals surface area contributed by atoms with Gasteiger partial charge < -0.3 is 14.8 Å². The summed E-state index contributed by atoms with van der Waals surface area (Å²) in [4.78, 5) is 11.7. The van der Waals surface area contributed by atoms with Crippen LogP contribution in [-0.2, 0) is 9.53 Å². The van der Waals surface area contributed by atoms with Gasteiger partial charge in [0.25, 0.3) is 0 Å². The molecule has 1 atom stereocenters. The van der Waals surface area contributed by atoms with Crippen LogP contribution in [0.3, 0.4) is 0 Å². The third-order valence-corrected chi connectivity index (χ3v) is 3.26. The number of nitrogens with one attached hydrogen (secondary N) is 1. The van der Waals surface area contributed by atoms with Gasteiger partial charge in [-0.2, -0.15) is 0 Å². The molecule has 0 saturated carbocycles. The third kappa shape index (κ3) is 3.96. The number of hydrogen-bond acceptors (Lipinski definition) is 4. The van der Waals surface area contributed by atoms with Crippen molar-refractivity contribution >= 4 is 5.97 Å². The smallest absolute Gasteiger partial charge is 0.329 e. The molecular weight excluding hydrogens is 242 g/mol. The highest BCUT2D eigenvalue weighted by Gasteiger charge is 2.33. The molecule has 0 saturated heterocycles. The summed E-state index contributed by atoms with van der Waals surface area (Å²) < 4.78 is 10.4. The molecular formula is C15H23NO3. The molecule has 1 rings (SSSR count). The number of carbonyl (C=O) groups excluding carboxylic acids is 1. The van der Waals surface area contributed by atoms with Gasteiger partial charge >= 0.3 is 5.97 Å². The topological polar surface area (TPSA) is 47.6 Å². The van der Waals surface area contributed by atoms with Crippen molar-refractivity contribution in [3.8, 4) is 5.75 Å². The lowest BCUT2D eigenvalue weighted by atomic mass is 10.0. The molecule has 1 aromatic rings. The monoisotopic (exact) mass is 265 g/mol. The van der Waals surface area contributed by atoms with Gasteiger partial charge in [0.05, 0.1) is 7.11 Å². The SMILES string of the molecule is CNC(C)(COc1ccc(C(C)C)cc1)C(=O)OC. The second kappa shape index (κ2) is 6.57. The Morgan fingerprint density at radius 1 is 1.32 bits per heavy atom. The molecule has 0 radical (unpaired) electrons. The maximum absolute atomic E-state index is 11.7. The number of likely N-dealkylation sites (N-methyl/N-ethyl adjacent to an activating group) is 1. The predicted octanol–water partition coefficient (Wildman–Crippen LogP) is 2.34. The van der Waals surface area contributed by atoms with E-state index in [-0.39, 0.29) is 12.6 Å². The summed E-state index contributed by atoms with van der Waals surface area (Å²) in [5, 5.41) is 2.93. The van der Waals surface area contributed by atoms with Crippen LogP contribution in [0.2, 0.25) is 0 Å². The maximum Gasteiger partial charge on any atom is 0.329 e. The van der Waals surface area contributed by atoms with Crippen molar-refractivity contribution in [3.63, 3.8) is 0 Å². The number of hydrogen-bond donors (Lipinski definition) is 1. The maximum atomic E-state index is 11.7. The van der Waals surface area contributed by atoms with Gasteiger partial charge in [-0.25, -0.2) is 4.79 Å². The van der Waals surface area contributed by atoms with E-state index in [0.29, 0.717) is 5.92 Å². The molecule has 106 valence electrons. The zero-order valence-electron chi connectivity index (χ0n) is 12.3. The van der Waals surface area contributed by atoms with Gasteiger partial charge in [0.15, 0.2) is 0 Å². The van der Waals surface area contributed by atoms with Gasteiger partial charge in [-0.1, -0.05) is 26.0 Å². The average Bonchev–Trinajstić information content (AvgIpc) is 2.44. The summed E-state index contributed by atoms with van der Waals surface area (Å²) in [6, 6.07) is 7.91. The highest BCUT2D eigenvalue weighted by Crippen LogP contribution is 2.19. The molecule has 1 unspecified atom stereocenters. The zero-order chi connectivity index (χ0) is 14.5. The van der Waals surface area contributed by atoms with Crippen LogP contribution in [0, 0.1) is 0 Å². The van der Waals surface area contributed by atoms with Crippen molar-refractivity contribution < 1.29 is 14.3 Å². The Hall–Kier alpha value is -1.55. The molecule has 19 heavy (non-hydrogen) atoms. The Morgan fingerprint density at radius 2 is 1.89 bits per heavy atom. The number of methoxy groups -OCH3 is 1. The lowest BCUT2D eigenvalue weighted by Crippen LogP contribution is -2.52. The Morgan fingerprint density at radius 3 is 2.32 bits per heavy atom. The molecule has 4 heteroatoms. The van der Waals surface area contributed by atoms with Crippen molar-refractivity contribution in [1.29, 1.82) is 0 Å². The van der Waals surface area contributed by atoms with E-state index >= 15 is 0 Å². The average molecular weight is 265 g/mol. The second-order valence-electron chi connectivity index (χ2n) is 5.09. The lowest BCUT2D eigenvalue weighted by Gasteiger charge is -2.26. The minimum atomic E-state index is -0.842. The third-order valence-electron chi connectivity index (χ3n) is 3.26. The first kappa shape index (κ1) is 15.5. The van der Waals surface area contributed by atoms with E-state index in [2.05, 4.69) is 19.2 Å². The molecule has 0 fully saturated rings. The minimum Gasteiger partial charge on any atom is -0.491 e. The number of carbonyl (C=O) groups is 1. The van der Waals surface area contributed by atoms with E-state index in [4.69, 9.17) is 9.47 Å². The highest BCUT2D eigenvalue weighted by atomic mass is 16.5. The van der Waals surface area contributed by atoms with E-state index in [0.717, 1.165) is 5.75 Å². The standard InChI is InChI=1S/C15H23NO3/c1-11(2)12-6-8-13(9-7-12)19-10-15(3,16-4)14(17)18-5/h6-9,11,16H,10H2,1-5H3. The number of esters is 1. The van der Waals surface area contributed by atoms with Gasteiger partial charge in [-0.05, 0) is 37.6 Å². The normalized spacial score (nSPS) is 14.0. The van der Waals surface area contributed by atoms with E-state index in [9.17, 15) is 4.79 Å². The first-order valence-corrected chi connectivity index (χ1v) is 6.43. The second-order valence-corrected chi connectivity index (χ2v) is 5.09. The summed E-state index contributed by atoms with van der Waals surface area (Å²) in [6.07, 6.45) is 0. The summed E-state index contributed by atoms with van der Waals surface area (Å²) in [7, 11) is 3.08. The largest absolute Gasteiger partial charge is 0.491 e. The van der Waals surface area contributed by atoms with Crippen molar-refractivity contribution in [2.24, 2.45) is 0 Å². The fraction of sp³-hybridized carbons (Fsp3) is 0.533. The number of ether oxygens (including phenoxy) is 2. The molecule has 0 bridgehead atoms. The molecule has 0 amide bonds. The van der Waals surface area contributed by atoms with Crippen molar-refractivity contribution in [1.82, 2.24) is 5.32 Å². The molecule has 0 aromatic heterocycles. The predicted molar refractivity (Wildman–Crippen MR) is 75.5 cm³/mol. The van der Waals surface area contributed by atoms with Crippen LogP contribution in [0.15, 0.2) is 24.3 Å². The van der Waals surface area contributed by atoms with Gasteiger partial charge in [-0.15, -0.1) is 0 Å². The molecule has 0 aliphatic carbocycles. The summed E-state index contributed by atoms with van der Waals surface area (Å²) in [5.41, 5.74) is 0.419. The fourth-order valence-electron chi connectivity index (χ4n) is 1.64. The van der Waals surface area contributed by atoms with Crippen LogP contribution in [0.25, 0.3) is 0 Å². The van der Waals surface area contributed by atoms with Gasteiger partial charge in [0.1, 0.15) is 17.9 Å². The number of rotatable bonds is 6. The van der Waals surface area contributed by atoms with Crippen molar-refractivity contribution in [3.05, 3.63) is 29.8 Å². The quantitative estimate of drug-likeness (QED) is 0.802. The van der Waals surface area contributed by atoms with E-state index < -0.39 is 5.54 Å². The Bertz CT molecular complexity index is 414. The summed E-state index contributed by atoms with van der Waals surface area (Å²) in [6.45, 7) is 6.26. The summed E-state index contributed by atoms with van der Waals surface area (Å²) in [5.74, 6) is 0.898. The Labute approximate surface area is 115 Å². The minimum absolute atomic E-state index is 0.219. The first-order chi connectivity index (χ1) is 8.92. The van der Waals surface area contributed by atoms with E-state index in [1.54, 1.807) is 14.0 Å². The van der Waals surface area contributed by atoms with Gasteiger partial charge in [0, 0.05) is 0 Å². The Kier molecular flexibility index (Phi) is 5.36. The van der Waals surface area contributed by atoms with Crippen molar-refractivity contribution in [2.45, 2.75) is 32.2 Å². The molecule has 0 spiro atoms.